The lowest BCUT2D eigenvalue weighted by Gasteiger charge is -2.44. The van der Waals surface area contributed by atoms with Crippen molar-refractivity contribution in [1.29, 1.82) is 0 Å². The highest BCUT2D eigenvalue weighted by molar-refractivity contribution is 5.67. The van der Waals surface area contributed by atoms with Crippen LogP contribution < -0.4 is 0 Å². The molecule has 1 aliphatic rings. The summed E-state index contributed by atoms with van der Waals surface area (Å²) in [6, 6.07) is 0. The third kappa shape index (κ3) is 5.61. The lowest BCUT2D eigenvalue weighted by molar-refractivity contribution is -0.289. The van der Waals surface area contributed by atoms with Gasteiger partial charge in [0.1, 0.15) is 18.8 Å². The predicted octanol–water partition coefficient (Wildman–Crippen LogP) is 0.976. The van der Waals surface area contributed by atoms with Crippen molar-refractivity contribution in [3.63, 3.8) is 0 Å². The maximum atomic E-state index is 11.5. The molecule has 0 aromatic heterocycles. The summed E-state index contributed by atoms with van der Waals surface area (Å²) < 4.78 is 26.6. The number of allylic oxidation sites excluding steroid dienone is 1. The maximum absolute atomic E-state index is 11.5. The monoisotopic (exact) mass is 344 g/mol. The third-order valence-electron chi connectivity index (χ3n) is 3.51. The number of methoxy groups -OCH3 is 1. The van der Waals surface area contributed by atoms with Crippen LogP contribution in [0.4, 0.5) is 0 Å². The van der Waals surface area contributed by atoms with E-state index in [1.54, 1.807) is 6.08 Å². The summed E-state index contributed by atoms with van der Waals surface area (Å²) in [6.07, 6.45) is -1.20. The fraction of sp³-hybridized carbons (Fsp3) is 0.688. The van der Waals surface area contributed by atoms with Crippen LogP contribution in [0.15, 0.2) is 12.7 Å². The van der Waals surface area contributed by atoms with E-state index in [1.807, 2.05) is 0 Å². The molecule has 0 saturated carbocycles. The first-order valence-electron chi connectivity index (χ1n) is 7.57. The maximum Gasteiger partial charge on any atom is 0.303 e. The van der Waals surface area contributed by atoms with Crippen LogP contribution in [0.2, 0.25) is 0 Å². The second-order valence-corrected chi connectivity index (χ2v) is 5.42. The molecule has 0 radical (unpaired) electrons. The van der Waals surface area contributed by atoms with Crippen molar-refractivity contribution < 1.29 is 38.1 Å². The van der Waals surface area contributed by atoms with E-state index in [1.165, 1.54) is 27.9 Å². The van der Waals surface area contributed by atoms with Gasteiger partial charge in [-0.3, -0.25) is 14.4 Å². The molecule has 0 aromatic carbocycles. The Hall–Kier alpha value is -1.93. The molecule has 0 aromatic rings. The molecular formula is C16H24O8. The predicted molar refractivity (Wildman–Crippen MR) is 81.7 cm³/mol. The van der Waals surface area contributed by atoms with E-state index in [0.717, 1.165) is 0 Å². The third-order valence-corrected chi connectivity index (χ3v) is 3.51. The van der Waals surface area contributed by atoms with Gasteiger partial charge in [0.15, 0.2) is 12.4 Å². The first-order valence-corrected chi connectivity index (χ1v) is 7.57. The Bertz CT molecular complexity index is 475. The first-order chi connectivity index (χ1) is 11.3. The van der Waals surface area contributed by atoms with Gasteiger partial charge >= 0.3 is 17.9 Å². The van der Waals surface area contributed by atoms with Crippen LogP contribution in [0.3, 0.4) is 0 Å². The van der Waals surface area contributed by atoms with E-state index in [4.69, 9.17) is 23.7 Å². The zero-order valence-electron chi connectivity index (χ0n) is 14.4. The van der Waals surface area contributed by atoms with Crippen molar-refractivity contribution in [2.75, 3.05) is 13.7 Å². The highest BCUT2D eigenvalue weighted by Gasteiger charge is 2.49. The van der Waals surface area contributed by atoms with Crippen molar-refractivity contribution in [2.24, 2.45) is 5.92 Å². The molecule has 0 unspecified atom stereocenters. The molecule has 1 aliphatic heterocycles. The van der Waals surface area contributed by atoms with Gasteiger partial charge in [0, 0.05) is 33.8 Å². The molecule has 8 heteroatoms. The fourth-order valence-corrected chi connectivity index (χ4v) is 2.67. The Kier molecular flexibility index (Phi) is 7.87. The number of rotatable bonds is 7. The van der Waals surface area contributed by atoms with Crippen molar-refractivity contribution in [3.05, 3.63) is 12.7 Å². The molecule has 0 N–H and O–H groups in total. The second kappa shape index (κ2) is 9.39. The van der Waals surface area contributed by atoms with E-state index >= 15 is 0 Å². The second-order valence-electron chi connectivity index (χ2n) is 5.42. The number of carbonyl (C=O) groups is 3. The van der Waals surface area contributed by atoms with Crippen LogP contribution in [-0.2, 0) is 38.1 Å². The van der Waals surface area contributed by atoms with Gasteiger partial charge in [0.05, 0.1) is 0 Å². The van der Waals surface area contributed by atoms with Crippen molar-refractivity contribution in [1.82, 2.24) is 0 Å². The lowest BCUT2D eigenvalue weighted by atomic mass is 9.86. The number of hydrogen-bond acceptors (Lipinski definition) is 8. The van der Waals surface area contributed by atoms with Crippen molar-refractivity contribution >= 4 is 17.9 Å². The van der Waals surface area contributed by atoms with Gasteiger partial charge in [-0.1, -0.05) is 6.08 Å². The van der Waals surface area contributed by atoms with E-state index in [-0.39, 0.29) is 6.61 Å². The summed E-state index contributed by atoms with van der Waals surface area (Å²) in [5.41, 5.74) is 0. The Balaban J connectivity index is 3.12. The molecule has 0 aliphatic carbocycles. The summed E-state index contributed by atoms with van der Waals surface area (Å²) in [6.45, 7) is 7.36. The smallest absolute Gasteiger partial charge is 0.303 e. The highest BCUT2D eigenvalue weighted by Crippen LogP contribution is 2.34. The topological polar surface area (TPSA) is 97.4 Å². The number of ether oxygens (including phenoxy) is 5. The van der Waals surface area contributed by atoms with Gasteiger partial charge in [-0.25, -0.2) is 0 Å². The molecule has 1 rings (SSSR count). The van der Waals surface area contributed by atoms with Crippen LogP contribution in [0, 0.1) is 5.92 Å². The average molecular weight is 344 g/mol. The van der Waals surface area contributed by atoms with Crippen LogP contribution in [-0.4, -0.2) is 56.2 Å². The summed E-state index contributed by atoms with van der Waals surface area (Å²) >= 11 is 0. The Morgan fingerprint density at radius 3 is 2.08 bits per heavy atom. The molecule has 8 nitrogen and oxygen atoms in total. The van der Waals surface area contributed by atoms with E-state index in [0.29, 0.717) is 6.42 Å². The van der Waals surface area contributed by atoms with Crippen LogP contribution >= 0.6 is 0 Å². The van der Waals surface area contributed by atoms with Crippen molar-refractivity contribution in [2.45, 2.75) is 51.8 Å². The molecule has 1 heterocycles. The molecule has 24 heavy (non-hydrogen) atoms. The summed E-state index contributed by atoms with van der Waals surface area (Å²) in [5, 5.41) is 0. The zero-order valence-corrected chi connectivity index (χ0v) is 14.4. The zero-order chi connectivity index (χ0) is 18.3. The molecular weight excluding hydrogens is 320 g/mol. The van der Waals surface area contributed by atoms with Crippen molar-refractivity contribution in [3.8, 4) is 0 Å². The molecule has 5 atom stereocenters. The minimum absolute atomic E-state index is 0.117. The quantitative estimate of drug-likeness (QED) is 0.383. The van der Waals surface area contributed by atoms with Gasteiger partial charge in [0.2, 0.25) is 0 Å². The minimum atomic E-state index is -0.883. The molecule has 1 fully saturated rings. The normalized spacial score (nSPS) is 29.4. The Morgan fingerprint density at radius 1 is 1.04 bits per heavy atom. The largest absolute Gasteiger partial charge is 0.463 e. The van der Waals surface area contributed by atoms with E-state index in [9.17, 15) is 14.4 Å². The lowest BCUT2D eigenvalue weighted by Crippen LogP contribution is -2.58. The van der Waals surface area contributed by atoms with Gasteiger partial charge in [0.25, 0.3) is 0 Å². The first kappa shape index (κ1) is 20.1. The number of hydrogen-bond donors (Lipinski definition) is 0. The average Bonchev–Trinajstić information content (AvgIpc) is 2.48. The van der Waals surface area contributed by atoms with Gasteiger partial charge in [-0.2, -0.15) is 0 Å². The molecule has 0 bridgehead atoms. The number of esters is 3. The highest BCUT2D eigenvalue weighted by atomic mass is 16.7. The molecule has 1 saturated heterocycles. The SMILES string of the molecule is C=CC[C@@H]1[C@@H](OC(C)=O)[C@@H](COC(C)=O)O[C@H](OC)[C@@H]1OC(C)=O. The van der Waals surface area contributed by atoms with Crippen LogP contribution in [0.5, 0.6) is 0 Å². The van der Waals surface area contributed by atoms with Gasteiger partial charge in [-0.15, -0.1) is 6.58 Å². The van der Waals surface area contributed by atoms with E-state index in [2.05, 4.69) is 6.58 Å². The Labute approximate surface area is 141 Å². The van der Waals surface area contributed by atoms with Gasteiger partial charge in [-0.05, 0) is 6.42 Å². The van der Waals surface area contributed by atoms with Gasteiger partial charge < -0.3 is 23.7 Å². The summed E-state index contributed by atoms with van der Waals surface area (Å²) in [5.74, 6) is -1.98. The minimum Gasteiger partial charge on any atom is -0.463 e. The van der Waals surface area contributed by atoms with Crippen LogP contribution in [0.1, 0.15) is 27.2 Å². The molecule has 0 amide bonds. The summed E-state index contributed by atoms with van der Waals surface area (Å²) in [7, 11) is 1.40. The Morgan fingerprint density at radius 2 is 1.62 bits per heavy atom. The molecule has 0 spiro atoms. The number of carbonyl (C=O) groups excluding carboxylic acids is 3. The standard InChI is InChI=1S/C16H24O8/c1-6-7-12-14(22-10(3)18)13(8-21-9(2)17)24-16(20-5)15(12)23-11(4)19/h6,12-16H,1,7-8H2,2-5H3/t12-,13-,14-,15-,16+/m1/s1. The molecule has 136 valence electrons. The van der Waals surface area contributed by atoms with E-state index < -0.39 is 48.4 Å². The van der Waals surface area contributed by atoms with Crippen LogP contribution in [0.25, 0.3) is 0 Å². The fourth-order valence-electron chi connectivity index (χ4n) is 2.67. The summed E-state index contributed by atoms with van der Waals surface area (Å²) in [4.78, 5) is 34.0.